The largest absolute Gasteiger partial charge is 0.316 e. The molecule has 3 heteroatoms. The van der Waals surface area contributed by atoms with Crippen molar-refractivity contribution >= 4 is 11.3 Å². The van der Waals surface area contributed by atoms with Crippen molar-refractivity contribution in [3.8, 4) is 0 Å². The first-order valence-corrected chi connectivity index (χ1v) is 7.12. The summed E-state index contributed by atoms with van der Waals surface area (Å²) in [6, 6.07) is 2.86. The first kappa shape index (κ1) is 10.8. The number of nitrogens with zero attached hydrogens (tertiary/aromatic N) is 1. The van der Waals surface area contributed by atoms with Crippen LogP contribution in [0.4, 0.5) is 0 Å². The Hall–Kier alpha value is -0.380. The fourth-order valence-electron chi connectivity index (χ4n) is 3.19. The third kappa shape index (κ3) is 1.71. The van der Waals surface area contributed by atoms with E-state index in [0.717, 1.165) is 11.8 Å². The summed E-state index contributed by atoms with van der Waals surface area (Å²) in [6.45, 7) is 9.65. The summed E-state index contributed by atoms with van der Waals surface area (Å²) in [5, 5.41) is 5.73. The number of likely N-dealkylation sites (tertiary alicyclic amines) is 1. The number of fused-ring (bicyclic) bond motifs is 1. The molecule has 3 atom stereocenters. The van der Waals surface area contributed by atoms with Crippen molar-refractivity contribution in [3.05, 3.63) is 21.9 Å². The fraction of sp³-hybridized carbons (Fsp3) is 0.692. The molecule has 16 heavy (non-hydrogen) atoms. The van der Waals surface area contributed by atoms with E-state index in [9.17, 15) is 0 Å². The number of thiophene rings is 1. The van der Waals surface area contributed by atoms with Crippen LogP contribution in [0.15, 0.2) is 11.4 Å². The Balaban J connectivity index is 1.73. The topological polar surface area (TPSA) is 15.3 Å². The lowest BCUT2D eigenvalue weighted by Crippen LogP contribution is -2.28. The second-order valence-electron chi connectivity index (χ2n) is 5.28. The Morgan fingerprint density at radius 3 is 2.62 bits per heavy atom. The van der Waals surface area contributed by atoms with Gasteiger partial charge in [-0.1, -0.05) is 0 Å². The maximum Gasteiger partial charge on any atom is 0.0416 e. The molecule has 2 aliphatic heterocycles. The van der Waals surface area contributed by atoms with Crippen molar-refractivity contribution in [1.29, 1.82) is 0 Å². The molecule has 0 aromatic carbocycles. The monoisotopic (exact) mass is 236 g/mol. The number of aryl methyl sites for hydroxylation is 1. The van der Waals surface area contributed by atoms with Gasteiger partial charge in [-0.05, 0) is 55.8 Å². The standard InChI is InChI=1S/C13H20N2S/c1-9-3-4-16-13(9)10(2)15-7-11-5-14-6-12(11)8-15/h3-4,10-12,14H,5-8H2,1-2H3/t10?,11-,12+. The van der Waals surface area contributed by atoms with Gasteiger partial charge in [-0.3, -0.25) is 4.90 Å². The molecular weight excluding hydrogens is 216 g/mol. The van der Waals surface area contributed by atoms with Crippen molar-refractivity contribution < 1.29 is 0 Å². The smallest absolute Gasteiger partial charge is 0.0416 e. The molecule has 1 N–H and O–H groups in total. The molecule has 0 aliphatic carbocycles. The van der Waals surface area contributed by atoms with Crippen LogP contribution in [0.1, 0.15) is 23.4 Å². The molecule has 3 heterocycles. The average molecular weight is 236 g/mol. The van der Waals surface area contributed by atoms with Gasteiger partial charge < -0.3 is 5.32 Å². The Kier molecular flexibility index (Phi) is 2.78. The van der Waals surface area contributed by atoms with Gasteiger partial charge in [0, 0.05) is 24.0 Å². The molecule has 2 aliphatic rings. The number of nitrogens with one attached hydrogen (secondary N) is 1. The summed E-state index contributed by atoms with van der Waals surface area (Å²) in [6.07, 6.45) is 0. The summed E-state index contributed by atoms with van der Waals surface area (Å²) >= 11 is 1.92. The molecular formula is C13H20N2S. The van der Waals surface area contributed by atoms with E-state index in [0.29, 0.717) is 6.04 Å². The van der Waals surface area contributed by atoms with Crippen molar-refractivity contribution in [2.45, 2.75) is 19.9 Å². The first-order chi connectivity index (χ1) is 7.75. The zero-order valence-corrected chi connectivity index (χ0v) is 10.9. The molecule has 2 saturated heterocycles. The Morgan fingerprint density at radius 1 is 1.38 bits per heavy atom. The molecule has 0 spiro atoms. The molecule has 2 fully saturated rings. The van der Waals surface area contributed by atoms with Gasteiger partial charge in [-0.2, -0.15) is 0 Å². The molecule has 0 bridgehead atoms. The number of hydrogen-bond donors (Lipinski definition) is 1. The lowest BCUT2D eigenvalue weighted by molar-refractivity contribution is 0.246. The minimum atomic E-state index is 0.616. The minimum absolute atomic E-state index is 0.616. The first-order valence-electron chi connectivity index (χ1n) is 6.24. The minimum Gasteiger partial charge on any atom is -0.316 e. The van der Waals surface area contributed by atoms with Gasteiger partial charge in [-0.25, -0.2) is 0 Å². The molecule has 0 saturated carbocycles. The van der Waals surface area contributed by atoms with Crippen LogP contribution in [0.25, 0.3) is 0 Å². The zero-order chi connectivity index (χ0) is 11.1. The quantitative estimate of drug-likeness (QED) is 0.847. The predicted octanol–water partition coefficient (Wildman–Crippen LogP) is 2.27. The molecule has 1 aromatic rings. The third-order valence-electron chi connectivity index (χ3n) is 4.25. The van der Waals surface area contributed by atoms with Gasteiger partial charge >= 0.3 is 0 Å². The second kappa shape index (κ2) is 4.13. The van der Waals surface area contributed by atoms with E-state index in [1.807, 2.05) is 11.3 Å². The van der Waals surface area contributed by atoms with Crippen molar-refractivity contribution in [3.63, 3.8) is 0 Å². The van der Waals surface area contributed by atoms with E-state index >= 15 is 0 Å². The Labute approximate surface area is 102 Å². The van der Waals surface area contributed by atoms with Crippen molar-refractivity contribution in [2.75, 3.05) is 26.2 Å². The number of rotatable bonds is 2. The molecule has 1 unspecified atom stereocenters. The zero-order valence-electron chi connectivity index (χ0n) is 10.1. The fourth-order valence-corrected chi connectivity index (χ4v) is 4.20. The van der Waals surface area contributed by atoms with E-state index in [-0.39, 0.29) is 0 Å². The van der Waals surface area contributed by atoms with Gasteiger partial charge in [0.05, 0.1) is 0 Å². The van der Waals surface area contributed by atoms with E-state index in [2.05, 4.69) is 35.5 Å². The lowest BCUT2D eigenvalue weighted by Gasteiger charge is -2.25. The highest BCUT2D eigenvalue weighted by Crippen LogP contribution is 2.35. The third-order valence-corrected chi connectivity index (χ3v) is 5.44. The molecule has 3 rings (SSSR count). The van der Waals surface area contributed by atoms with Crippen molar-refractivity contribution in [1.82, 2.24) is 10.2 Å². The van der Waals surface area contributed by atoms with E-state index in [4.69, 9.17) is 0 Å². The van der Waals surface area contributed by atoms with Crippen LogP contribution in [0.2, 0.25) is 0 Å². The molecule has 0 radical (unpaired) electrons. The van der Waals surface area contributed by atoms with Crippen LogP contribution in [-0.2, 0) is 0 Å². The summed E-state index contributed by atoms with van der Waals surface area (Å²) in [5.41, 5.74) is 1.47. The molecule has 2 nitrogen and oxygen atoms in total. The van der Waals surface area contributed by atoms with Gasteiger partial charge in [0.2, 0.25) is 0 Å². The van der Waals surface area contributed by atoms with Crippen LogP contribution in [-0.4, -0.2) is 31.1 Å². The van der Waals surface area contributed by atoms with Gasteiger partial charge in [-0.15, -0.1) is 11.3 Å². The lowest BCUT2D eigenvalue weighted by atomic mass is 10.0. The van der Waals surface area contributed by atoms with Gasteiger partial charge in [0.1, 0.15) is 0 Å². The highest BCUT2D eigenvalue weighted by atomic mass is 32.1. The summed E-state index contributed by atoms with van der Waals surface area (Å²) < 4.78 is 0. The van der Waals surface area contributed by atoms with Crippen LogP contribution in [0.5, 0.6) is 0 Å². The molecule has 0 amide bonds. The van der Waals surface area contributed by atoms with Crippen molar-refractivity contribution in [2.24, 2.45) is 11.8 Å². The molecule has 1 aromatic heterocycles. The number of hydrogen-bond acceptors (Lipinski definition) is 3. The maximum atomic E-state index is 3.51. The SMILES string of the molecule is Cc1ccsc1C(C)N1C[C@H]2CNC[C@H]2C1. The maximum absolute atomic E-state index is 3.51. The van der Waals surface area contributed by atoms with Crippen LogP contribution < -0.4 is 5.32 Å². The Morgan fingerprint density at radius 2 is 2.06 bits per heavy atom. The molecule has 88 valence electrons. The normalized spacial score (nSPS) is 31.9. The summed E-state index contributed by atoms with van der Waals surface area (Å²) in [4.78, 5) is 4.24. The average Bonchev–Trinajstić information content (AvgIpc) is 2.89. The van der Waals surface area contributed by atoms with E-state index < -0.39 is 0 Å². The van der Waals surface area contributed by atoms with E-state index in [1.54, 1.807) is 4.88 Å². The van der Waals surface area contributed by atoms with Gasteiger partial charge in [0.15, 0.2) is 0 Å². The van der Waals surface area contributed by atoms with Crippen LogP contribution in [0, 0.1) is 18.8 Å². The summed E-state index contributed by atoms with van der Waals surface area (Å²) in [7, 11) is 0. The van der Waals surface area contributed by atoms with E-state index in [1.165, 1.54) is 31.7 Å². The Bertz CT molecular complexity index is 362. The second-order valence-corrected chi connectivity index (χ2v) is 6.22. The highest BCUT2D eigenvalue weighted by Gasteiger charge is 2.38. The summed E-state index contributed by atoms with van der Waals surface area (Å²) in [5.74, 6) is 1.81. The van der Waals surface area contributed by atoms with Crippen LogP contribution >= 0.6 is 11.3 Å². The van der Waals surface area contributed by atoms with Gasteiger partial charge in [0.25, 0.3) is 0 Å². The highest BCUT2D eigenvalue weighted by molar-refractivity contribution is 7.10. The van der Waals surface area contributed by atoms with Crippen LogP contribution in [0.3, 0.4) is 0 Å². The predicted molar refractivity (Wildman–Crippen MR) is 68.9 cm³/mol.